The SMILES string of the molecule is Cc1[nH]c2ccccc2c1[C@@H]1c2ccccc2C(=O)N1CC(=O)Nc1ccc(F)cc1. The minimum Gasteiger partial charge on any atom is -0.358 e. The molecule has 6 heteroatoms. The number of amides is 2. The molecule has 4 aromatic rings. The Morgan fingerprint density at radius 3 is 2.55 bits per heavy atom. The van der Waals surface area contributed by atoms with E-state index in [2.05, 4.69) is 10.3 Å². The second-order valence-corrected chi connectivity index (χ2v) is 7.69. The third-order valence-electron chi connectivity index (χ3n) is 5.72. The van der Waals surface area contributed by atoms with Gasteiger partial charge >= 0.3 is 0 Å². The van der Waals surface area contributed by atoms with Crippen LogP contribution in [-0.2, 0) is 4.79 Å². The summed E-state index contributed by atoms with van der Waals surface area (Å²) in [6.45, 7) is 1.87. The molecule has 5 nitrogen and oxygen atoms in total. The van der Waals surface area contributed by atoms with Crippen molar-refractivity contribution in [3.8, 4) is 0 Å². The normalized spacial score (nSPS) is 15.4. The van der Waals surface area contributed by atoms with Crippen LogP contribution in [-0.4, -0.2) is 28.2 Å². The number of rotatable bonds is 4. The minimum atomic E-state index is -0.377. The maximum absolute atomic E-state index is 13.3. The average Bonchev–Trinajstić information content (AvgIpc) is 3.23. The first kappa shape index (κ1) is 19.1. The van der Waals surface area contributed by atoms with Crippen molar-refractivity contribution in [1.29, 1.82) is 0 Å². The number of nitrogens with one attached hydrogen (secondary N) is 2. The quantitative estimate of drug-likeness (QED) is 0.505. The van der Waals surface area contributed by atoms with Crippen molar-refractivity contribution in [3.05, 3.63) is 101 Å². The molecule has 2 amide bonds. The number of aromatic nitrogens is 1. The Balaban J connectivity index is 1.54. The summed E-state index contributed by atoms with van der Waals surface area (Å²) in [5.41, 5.74) is 4.91. The summed E-state index contributed by atoms with van der Waals surface area (Å²) in [4.78, 5) is 31.1. The van der Waals surface area contributed by atoms with Gasteiger partial charge in [-0.1, -0.05) is 36.4 Å². The van der Waals surface area contributed by atoms with Crippen LogP contribution < -0.4 is 5.32 Å². The average molecular weight is 413 g/mol. The first-order chi connectivity index (χ1) is 15.0. The van der Waals surface area contributed by atoms with Gasteiger partial charge in [-0.2, -0.15) is 0 Å². The Morgan fingerprint density at radius 1 is 1.03 bits per heavy atom. The fourth-order valence-corrected chi connectivity index (χ4v) is 4.38. The lowest BCUT2D eigenvalue weighted by Crippen LogP contribution is -2.36. The summed E-state index contributed by atoms with van der Waals surface area (Å²) in [6.07, 6.45) is 0. The Hall–Kier alpha value is -3.93. The summed E-state index contributed by atoms with van der Waals surface area (Å²) in [7, 11) is 0. The van der Waals surface area contributed by atoms with E-state index in [1.54, 1.807) is 11.0 Å². The van der Waals surface area contributed by atoms with Crippen LogP contribution >= 0.6 is 0 Å². The molecule has 0 fully saturated rings. The third-order valence-corrected chi connectivity index (χ3v) is 5.72. The molecule has 0 spiro atoms. The smallest absolute Gasteiger partial charge is 0.255 e. The molecule has 1 atom stereocenters. The lowest BCUT2D eigenvalue weighted by Gasteiger charge is -2.25. The number of fused-ring (bicyclic) bond motifs is 2. The zero-order valence-corrected chi connectivity index (χ0v) is 16.9. The zero-order valence-electron chi connectivity index (χ0n) is 16.9. The lowest BCUT2D eigenvalue weighted by atomic mass is 9.95. The predicted molar refractivity (Wildman–Crippen MR) is 117 cm³/mol. The maximum Gasteiger partial charge on any atom is 0.255 e. The Morgan fingerprint density at radius 2 is 1.74 bits per heavy atom. The molecule has 154 valence electrons. The molecule has 2 heterocycles. The summed E-state index contributed by atoms with van der Waals surface area (Å²) in [5, 5.41) is 3.78. The van der Waals surface area contributed by atoms with E-state index in [4.69, 9.17) is 0 Å². The van der Waals surface area contributed by atoms with Crippen LogP contribution in [0.3, 0.4) is 0 Å². The van der Waals surface area contributed by atoms with Crippen molar-refractivity contribution in [2.75, 3.05) is 11.9 Å². The molecule has 1 aromatic heterocycles. The number of nitrogens with zero attached hydrogens (tertiary/aromatic N) is 1. The number of carbonyl (C=O) groups excluding carboxylic acids is 2. The highest BCUT2D eigenvalue weighted by atomic mass is 19.1. The molecule has 0 aliphatic carbocycles. The van der Waals surface area contributed by atoms with Gasteiger partial charge in [-0.3, -0.25) is 9.59 Å². The molecule has 2 N–H and O–H groups in total. The fraction of sp³-hybridized carbons (Fsp3) is 0.120. The minimum absolute atomic E-state index is 0.117. The Kier molecular flexibility index (Phi) is 4.55. The Labute approximate surface area is 178 Å². The van der Waals surface area contributed by atoms with E-state index in [-0.39, 0.29) is 30.2 Å². The summed E-state index contributed by atoms with van der Waals surface area (Å²) >= 11 is 0. The molecule has 1 aliphatic rings. The molecule has 31 heavy (non-hydrogen) atoms. The van der Waals surface area contributed by atoms with Crippen LogP contribution in [0.25, 0.3) is 10.9 Å². The van der Waals surface area contributed by atoms with Gasteiger partial charge in [-0.05, 0) is 48.9 Å². The van der Waals surface area contributed by atoms with Crippen molar-refractivity contribution in [2.45, 2.75) is 13.0 Å². The van der Waals surface area contributed by atoms with E-state index < -0.39 is 0 Å². The van der Waals surface area contributed by atoms with Gasteiger partial charge in [0.1, 0.15) is 12.4 Å². The van der Waals surface area contributed by atoms with Gasteiger partial charge in [-0.25, -0.2) is 4.39 Å². The standard InChI is InChI=1S/C25H20FN3O2/c1-15-23(20-8-4-5-9-21(20)27-15)24-18-6-2-3-7-19(18)25(31)29(24)14-22(30)28-17-12-10-16(26)11-13-17/h2-13,24,27H,14H2,1H3,(H,28,30)/t24-/m0/s1. The van der Waals surface area contributed by atoms with Gasteiger partial charge < -0.3 is 15.2 Å². The van der Waals surface area contributed by atoms with Crippen molar-refractivity contribution < 1.29 is 14.0 Å². The monoisotopic (exact) mass is 413 g/mol. The van der Waals surface area contributed by atoms with E-state index in [1.807, 2.05) is 49.4 Å². The summed E-state index contributed by atoms with van der Waals surface area (Å²) in [6, 6.07) is 20.6. The largest absolute Gasteiger partial charge is 0.358 e. The zero-order chi connectivity index (χ0) is 21.5. The number of halogens is 1. The van der Waals surface area contributed by atoms with Crippen LogP contribution in [0.4, 0.5) is 10.1 Å². The number of para-hydroxylation sites is 1. The van der Waals surface area contributed by atoms with Crippen LogP contribution in [0.5, 0.6) is 0 Å². The van der Waals surface area contributed by atoms with Gasteiger partial charge in [0.25, 0.3) is 5.91 Å². The van der Waals surface area contributed by atoms with Crippen molar-refractivity contribution in [1.82, 2.24) is 9.88 Å². The number of hydrogen-bond donors (Lipinski definition) is 2. The first-order valence-electron chi connectivity index (χ1n) is 10.1. The van der Waals surface area contributed by atoms with E-state index in [1.165, 1.54) is 24.3 Å². The number of benzene rings is 3. The number of anilines is 1. The van der Waals surface area contributed by atoms with Crippen LogP contribution in [0.15, 0.2) is 72.8 Å². The molecule has 3 aromatic carbocycles. The number of hydrogen-bond acceptors (Lipinski definition) is 2. The highest BCUT2D eigenvalue weighted by Crippen LogP contribution is 2.42. The van der Waals surface area contributed by atoms with Gasteiger partial charge in [0.15, 0.2) is 0 Å². The first-order valence-corrected chi connectivity index (χ1v) is 10.1. The van der Waals surface area contributed by atoms with Crippen LogP contribution in [0.1, 0.15) is 33.2 Å². The van der Waals surface area contributed by atoms with Crippen LogP contribution in [0, 0.1) is 12.7 Å². The topological polar surface area (TPSA) is 65.2 Å². The van der Waals surface area contributed by atoms with Crippen molar-refractivity contribution >= 4 is 28.4 Å². The van der Waals surface area contributed by atoms with E-state index in [0.29, 0.717) is 11.3 Å². The lowest BCUT2D eigenvalue weighted by molar-refractivity contribution is -0.117. The van der Waals surface area contributed by atoms with Gasteiger partial charge in [-0.15, -0.1) is 0 Å². The molecule has 0 unspecified atom stereocenters. The van der Waals surface area contributed by atoms with Crippen molar-refractivity contribution in [3.63, 3.8) is 0 Å². The van der Waals surface area contributed by atoms with E-state index in [9.17, 15) is 14.0 Å². The second kappa shape index (κ2) is 7.40. The van der Waals surface area contributed by atoms with E-state index in [0.717, 1.165) is 27.7 Å². The van der Waals surface area contributed by atoms with Crippen LogP contribution in [0.2, 0.25) is 0 Å². The molecule has 0 bridgehead atoms. The molecule has 1 aliphatic heterocycles. The number of aromatic amines is 1. The molecular formula is C25H20FN3O2. The molecular weight excluding hydrogens is 393 g/mol. The molecule has 0 saturated heterocycles. The summed E-state index contributed by atoms with van der Waals surface area (Å²) in [5.74, 6) is -0.896. The molecule has 0 radical (unpaired) electrons. The second-order valence-electron chi connectivity index (χ2n) is 7.69. The Bertz CT molecular complexity index is 1310. The number of aryl methyl sites for hydroxylation is 1. The third kappa shape index (κ3) is 3.26. The van der Waals surface area contributed by atoms with Gasteiger partial charge in [0, 0.05) is 33.4 Å². The fourth-order valence-electron chi connectivity index (χ4n) is 4.38. The molecule has 5 rings (SSSR count). The van der Waals surface area contributed by atoms with Crippen molar-refractivity contribution in [2.24, 2.45) is 0 Å². The molecule has 0 saturated carbocycles. The highest BCUT2D eigenvalue weighted by molar-refractivity contribution is 6.04. The van der Waals surface area contributed by atoms with Gasteiger partial charge in [0.05, 0.1) is 6.04 Å². The number of H-pyrrole nitrogens is 1. The van der Waals surface area contributed by atoms with Gasteiger partial charge in [0.2, 0.25) is 5.91 Å². The predicted octanol–water partition coefficient (Wildman–Crippen LogP) is 4.80. The number of carbonyl (C=O) groups is 2. The maximum atomic E-state index is 13.3. The van der Waals surface area contributed by atoms with E-state index >= 15 is 0 Å². The highest BCUT2D eigenvalue weighted by Gasteiger charge is 2.40. The summed E-state index contributed by atoms with van der Waals surface area (Å²) < 4.78 is 13.2.